The molecule has 2 aromatic heterocycles. The summed E-state index contributed by atoms with van der Waals surface area (Å²) in [4.78, 5) is 35.7. The van der Waals surface area contributed by atoms with Crippen LogP contribution in [0.25, 0.3) is 5.76 Å². The zero-order chi connectivity index (χ0) is 23.5. The van der Waals surface area contributed by atoms with Crippen LogP contribution in [0.15, 0.2) is 96.3 Å². The van der Waals surface area contributed by atoms with Crippen LogP contribution in [0.3, 0.4) is 0 Å². The van der Waals surface area contributed by atoms with Crippen LogP contribution in [0.5, 0.6) is 5.75 Å². The fraction of sp³-hybridized carbons (Fsp3) is 0.0769. The first-order valence-electron chi connectivity index (χ1n) is 10.5. The smallest absolute Gasteiger partial charge is 0.301 e. The minimum Gasteiger partial charge on any atom is -0.507 e. The highest BCUT2D eigenvalue weighted by atomic mass is 32.1. The number of ketones is 1. The molecule has 1 saturated heterocycles. The van der Waals surface area contributed by atoms with E-state index in [4.69, 9.17) is 4.74 Å². The minimum absolute atomic E-state index is 0.00777. The van der Waals surface area contributed by atoms with Crippen molar-refractivity contribution in [1.29, 1.82) is 0 Å². The van der Waals surface area contributed by atoms with Crippen molar-refractivity contribution in [3.05, 3.63) is 113 Å². The molecule has 5 rings (SSSR count). The van der Waals surface area contributed by atoms with E-state index in [1.807, 2.05) is 36.4 Å². The van der Waals surface area contributed by atoms with Gasteiger partial charge in [-0.3, -0.25) is 19.5 Å². The van der Waals surface area contributed by atoms with Crippen molar-refractivity contribution < 1.29 is 19.4 Å². The molecule has 168 valence electrons. The van der Waals surface area contributed by atoms with Crippen LogP contribution in [0.2, 0.25) is 0 Å². The lowest BCUT2D eigenvalue weighted by atomic mass is 9.95. The summed E-state index contributed by atoms with van der Waals surface area (Å²) in [6.45, 7) is 0.369. The lowest BCUT2D eigenvalue weighted by molar-refractivity contribution is -0.132. The maximum atomic E-state index is 13.1. The molecule has 0 aliphatic carbocycles. The van der Waals surface area contributed by atoms with Crippen molar-refractivity contribution in [3.63, 3.8) is 0 Å². The van der Waals surface area contributed by atoms with Gasteiger partial charge in [-0.15, -0.1) is 11.3 Å². The van der Waals surface area contributed by atoms with Gasteiger partial charge in [0.15, 0.2) is 5.13 Å². The van der Waals surface area contributed by atoms with Crippen molar-refractivity contribution in [1.82, 2.24) is 9.97 Å². The van der Waals surface area contributed by atoms with Crippen molar-refractivity contribution in [3.8, 4) is 5.75 Å². The topological polar surface area (TPSA) is 92.6 Å². The zero-order valence-electron chi connectivity index (χ0n) is 17.9. The minimum atomic E-state index is -0.861. The molecule has 3 heterocycles. The van der Waals surface area contributed by atoms with Crippen LogP contribution in [-0.2, 0) is 16.2 Å². The van der Waals surface area contributed by atoms with Crippen LogP contribution < -0.4 is 9.64 Å². The average Bonchev–Trinajstić information content (AvgIpc) is 3.50. The first kappa shape index (κ1) is 21.5. The average molecular weight is 470 g/mol. The molecular weight excluding hydrogens is 450 g/mol. The van der Waals surface area contributed by atoms with Crippen LogP contribution in [0.1, 0.15) is 22.7 Å². The van der Waals surface area contributed by atoms with Crippen LogP contribution in [0.4, 0.5) is 5.13 Å². The van der Waals surface area contributed by atoms with E-state index in [9.17, 15) is 14.7 Å². The van der Waals surface area contributed by atoms with Gasteiger partial charge in [0.1, 0.15) is 18.1 Å². The van der Waals surface area contributed by atoms with E-state index in [-0.39, 0.29) is 11.3 Å². The van der Waals surface area contributed by atoms with Gasteiger partial charge in [0.2, 0.25) is 0 Å². The second-order valence-electron chi connectivity index (χ2n) is 7.57. The van der Waals surface area contributed by atoms with Crippen molar-refractivity contribution in [2.45, 2.75) is 12.6 Å². The van der Waals surface area contributed by atoms with E-state index in [2.05, 4.69) is 9.97 Å². The number of aliphatic hydroxyl groups is 1. The Morgan fingerprint density at radius 3 is 2.53 bits per heavy atom. The van der Waals surface area contributed by atoms with Gasteiger partial charge in [-0.25, -0.2) is 4.98 Å². The van der Waals surface area contributed by atoms with Crippen molar-refractivity contribution in [2.75, 3.05) is 4.90 Å². The number of hydrogen-bond donors (Lipinski definition) is 1. The number of thiazole rings is 1. The largest absolute Gasteiger partial charge is 0.507 e. The number of aromatic nitrogens is 2. The molecular formula is C26H19N3O4S. The third-order valence-corrected chi connectivity index (χ3v) is 6.22. The molecule has 7 nitrogen and oxygen atoms in total. The summed E-state index contributed by atoms with van der Waals surface area (Å²) in [5, 5.41) is 13.2. The molecule has 1 atom stereocenters. The summed E-state index contributed by atoms with van der Waals surface area (Å²) in [6, 6.07) is 19.2. The molecule has 1 N–H and O–H groups in total. The standard InChI is InChI=1S/C26H19N3O4S/c30-23(18-9-11-27-12-10-18)21-22(29(25(32)24(21)31)26-28-13-14-34-26)19-7-4-8-20(15-19)33-16-17-5-2-1-3-6-17/h1-15,22,30H,16H2/b23-21+. The van der Waals surface area contributed by atoms with Gasteiger partial charge in [-0.2, -0.15) is 0 Å². The second kappa shape index (κ2) is 9.29. The van der Waals surface area contributed by atoms with E-state index >= 15 is 0 Å². The number of amides is 1. The number of nitrogens with zero attached hydrogens (tertiary/aromatic N) is 3. The number of rotatable bonds is 6. The molecule has 4 aromatic rings. The summed E-state index contributed by atoms with van der Waals surface area (Å²) in [6.07, 6.45) is 4.59. The molecule has 1 aliphatic rings. The zero-order valence-corrected chi connectivity index (χ0v) is 18.7. The molecule has 1 unspecified atom stereocenters. The Kier molecular flexibility index (Phi) is 5.88. The van der Waals surface area contributed by atoms with Gasteiger partial charge >= 0.3 is 5.91 Å². The van der Waals surface area contributed by atoms with Gasteiger partial charge in [-0.1, -0.05) is 42.5 Å². The molecule has 8 heteroatoms. The molecule has 0 bridgehead atoms. The first-order valence-corrected chi connectivity index (χ1v) is 11.4. The number of aliphatic hydroxyl groups excluding tert-OH is 1. The Balaban J connectivity index is 1.58. The number of hydrogen-bond acceptors (Lipinski definition) is 7. The Morgan fingerprint density at radius 1 is 1.00 bits per heavy atom. The fourth-order valence-electron chi connectivity index (χ4n) is 3.86. The van der Waals surface area contributed by atoms with Crippen LogP contribution in [0, 0.1) is 0 Å². The number of carbonyl (C=O) groups is 2. The van der Waals surface area contributed by atoms with Gasteiger partial charge in [0, 0.05) is 29.5 Å². The number of Topliss-reactive ketones (excluding diaryl/α,β-unsaturated/α-hetero) is 1. The molecule has 34 heavy (non-hydrogen) atoms. The molecule has 1 fully saturated rings. The maximum Gasteiger partial charge on any atom is 0.301 e. The summed E-state index contributed by atoms with van der Waals surface area (Å²) in [7, 11) is 0. The summed E-state index contributed by atoms with van der Waals surface area (Å²) < 4.78 is 5.96. The van der Waals surface area contributed by atoms with E-state index in [0.29, 0.717) is 28.6 Å². The Morgan fingerprint density at radius 2 is 1.79 bits per heavy atom. The van der Waals surface area contributed by atoms with E-state index in [1.165, 1.54) is 28.6 Å². The molecule has 2 aromatic carbocycles. The number of pyridine rings is 1. The van der Waals surface area contributed by atoms with E-state index in [0.717, 1.165) is 5.56 Å². The van der Waals surface area contributed by atoms with E-state index in [1.54, 1.807) is 41.9 Å². The molecule has 0 saturated carbocycles. The third-order valence-electron chi connectivity index (χ3n) is 5.45. The molecule has 1 aliphatic heterocycles. The molecule has 0 spiro atoms. The first-order chi connectivity index (χ1) is 16.6. The van der Waals surface area contributed by atoms with Gasteiger partial charge < -0.3 is 9.84 Å². The number of ether oxygens (including phenoxy) is 1. The Hall–Kier alpha value is -4.30. The summed E-state index contributed by atoms with van der Waals surface area (Å²) in [5.74, 6) is -1.20. The lowest BCUT2D eigenvalue weighted by Crippen LogP contribution is -2.29. The highest BCUT2D eigenvalue weighted by molar-refractivity contribution is 7.14. The SMILES string of the molecule is O=C1C(=O)N(c2nccs2)C(c2cccc(OCc3ccccc3)c2)/C1=C(\O)c1ccncc1. The second-order valence-corrected chi connectivity index (χ2v) is 8.44. The highest BCUT2D eigenvalue weighted by Crippen LogP contribution is 2.43. The van der Waals surface area contributed by atoms with Gasteiger partial charge in [0.05, 0.1) is 11.6 Å². The maximum absolute atomic E-state index is 13.1. The number of benzene rings is 2. The quantitative estimate of drug-likeness (QED) is 0.249. The highest BCUT2D eigenvalue weighted by Gasteiger charge is 2.48. The Labute approximate surface area is 199 Å². The number of carbonyl (C=O) groups excluding carboxylic acids is 2. The van der Waals surface area contributed by atoms with E-state index < -0.39 is 17.7 Å². The molecule has 0 radical (unpaired) electrons. The van der Waals surface area contributed by atoms with Crippen LogP contribution in [-0.4, -0.2) is 26.8 Å². The lowest BCUT2D eigenvalue weighted by Gasteiger charge is -2.23. The van der Waals surface area contributed by atoms with Gasteiger partial charge in [0.25, 0.3) is 5.78 Å². The summed E-state index contributed by atoms with van der Waals surface area (Å²) in [5.41, 5.74) is 2.02. The van der Waals surface area contributed by atoms with Crippen LogP contribution >= 0.6 is 11.3 Å². The third kappa shape index (κ3) is 4.06. The predicted molar refractivity (Wildman–Crippen MR) is 128 cm³/mol. The predicted octanol–water partition coefficient (Wildman–Crippen LogP) is 4.74. The Bertz CT molecular complexity index is 1360. The normalized spacial score (nSPS) is 17.2. The number of anilines is 1. The van der Waals surface area contributed by atoms with Gasteiger partial charge in [-0.05, 0) is 35.4 Å². The monoisotopic (exact) mass is 469 g/mol. The molecule has 1 amide bonds. The van der Waals surface area contributed by atoms with Crippen molar-refractivity contribution >= 4 is 33.9 Å². The summed E-state index contributed by atoms with van der Waals surface area (Å²) >= 11 is 1.24. The van der Waals surface area contributed by atoms with Crippen molar-refractivity contribution in [2.24, 2.45) is 0 Å². The fourth-order valence-corrected chi connectivity index (χ4v) is 4.53.